The summed E-state index contributed by atoms with van der Waals surface area (Å²) in [5.74, 6) is -0.557. The summed E-state index contributed by atoms with van der Waals surface area (Å²) >= 11 is 0. The van der Waals surface area contributed by atoms with E-state index in [-0.39, 0.29) is 23.3 Å². The number of rotatable bonds is 2. The van der Waals surface area contributed by atoms with Gasteiger partial charge in [0.25, 0.3) is 5.52 Å². The summed E-state index contributed by atoms with van der Waals surface area (Å²) in [6, 6.07) is 1.63. The molecule has 0 saturated heterocycles. The highest BCUT2D eigenvalue weighted by atomic mass is 16.5. The Bertz CT molecular complexity index is 782. The molecule has 0 bridgehead atoms. The molecule has 96 valence electrons. The number of hydrogen-bond acceptors (Lipinski definition) is 6. The van der Waals surface area contributed by atoms with E-state index in [0.717, 1.165) is 0 Å². The monoisotopic (exact) mass is 259 g/mol. The van der Waals surface area contributed by atoms with E-state index in [9.17, 15) is 10.0 Å². The first-order chi connectivity index (χ1) is 9.22. The quantitative estimate of drug-likeness (QED) is 0.367. The summed E-state index contributed by atoms with van der Waals surface area (Å²) in [6.07, 6.45) is 4.26. The Morgan fingerprint density at radius 2 is 2.37 bits per heavy atom. The number of carbonyl (C=O) groups excluding carboxylic acids is 1. The highest BCUT2D eigenvalue weighted by molar-refractivity contribution is 5.96. The molecule has 0 saturated carbocycles. The summed E-state index contributed by atoms with van der Waals surface area (Å²) in [5.41, 5.74) is 1.11. The molecule has 0 aliphatic rings. The normalized spacial score (nSPS) is 11.0. The minimum Gasteiger partial charge on any atom is -0.594 e. The maximum atomic E-state index is 11.8. The molecule has 0 aliphatic heterocycles. The van der Waals surface area contributed by atoms with Crippen LogP contribution in [0.25, 0.3) is 16.7 Å². The van der Waals surface area contributed by atoms with Gasteiger partial charge in [-0.3, -0.25) is 4.98 Å². The van der Waals surface area contributed by atoms with E-state index in [1.165, 1.54) is 23.1 Å². The topological polar surface area (TPSA) is 96.3 Å². The number of hydrogen-bond donors (Lipinski definition) is 0. The Labute approximate surface area is 106 Å². The van der Waals surface area contributed by atoms with E-state index in [1.807, 2.05) is 0 Å². The van der Waals surface area contributed by atoms with Crippen LogP contribution in [-0.4, -0.2) is 32.3 Å². The Morgan fingerprint density at radius 1 is 1.53 bits per heavy atom. The van der Waals surface area contributed by atoms with Crippen LogP contribution in [0.15, 0.2) is 24.7 Å². The largest absolute Gasteiger partial charge is 0.594 e. The maximum absolute atomic E-state index is 11.8. The maximum Gasteiger partial charge on any atom is 0.343 e. The van der Waals surface area contributed by atoms with Crippen LogP contribution in [0.3, 0.4) is 0 Å². The summed E-state index contributed by atoms with van der Waals surface area (Å²) in [4.78, 5) is 16.0. The summed E-state index contributed by atoms with van der Waals surface area (Å²) in [7, 11) is 0. The zero-order valence-corrected chi connectivity index (χ0v) is 9.98. The van der Waals surface area contributed by atoms with Crippen LogP contribution < -0.4 is 4.85 Å². The Morgan fingerprint density at radius 3 is 3.16 bits per heavy atom. The van der Waals surface area contributed by atoms with E-state index in [2.05, 4.69) is 15.2 Å². The molecule has 0 fully saturated rings. The van der Waals surface area contributed by atoms with Crippen molar-refractivity contribution in [2.24, 2.45) is 0 Å². The van der Waals surface area contributed by atoms with E-state index in [1.54, 1.807) is 13.0 Å². The molecule has 0 aromatic carbocycles. The third kappa shape index (κ3) is 1.65. The van der Waals surface area contributed by atoms with Crippen LogP contribution in [-0.2, 0) is 4.74 Å². The van der Waals surface area contributed by atoms with Crippen molar-refractivity contribution in [1.29, 1.82) is 0 Å². The lowest BCUT2D eigenvalue weighted by atomic mass is 10.3. The summed E-state index contributed by atoms with van der Waals surface area (Å²) < 4.78 is 6.30. The molecule has 3 rings (SSSR count). The van der Waals surface area contributed by atoms with Gasteiger partial charge in [0.15, 0.2) is 0 Å². The lowest BCUT2D eigenvalue weighted by Crippen LogP contribution is -2.33. The highest BCUT2D eigenvalue weighted by Gasteiger charge is 2.21. The summed E-state index contributed by atoms with van der Waals surface area (Å²) in [6.45, 7) is 1.94. The first kappa shape index (κ1) is 11.3. The van der Waals surface area contributed by atoms with Gasteiger partial charge in [-0.05, 0) is 17.8 Å². The van der Waals surface area contributed by atoms with Crippen molar-refractivity contribution in [3.8, 4) is 0 Å². The zero-order valence-electron chi connectivity index (χ0n) is 9.98. The van der Waals surface area contributed by atoms with E-state index in [4.69, 9.17) is 4.74 Å². The minimum absolute atomic E-state index is 0.158. The van der Waals surface area contributed by atoms with Gasteiger partial charge < -0.3 is 9.94 Å². The number of aromatic nitrogens is 5. The molecule has 0 radical (unpaired) electrons. The molecule has 0 N–H and O–H groups in total. The fraction of sp³-hybridized carbons (Fsp3) is 0.182. The number of esters is 1. The number of ether oxygens (including phenoxy) is 1. The zero-order chi connectivity index (χ0) is 13.4. The van der Waals surface area contributed by atoms with Gasteiger partial charge in [-0.15, -0.1) is 0 Å². The average Bonchev–Trinajstić information content (AvgIpc) is 2.83. The van der Waals surface area contributed by atoms with Crippen molar-refractivity contribution in [3.63, 3.8) is 0 Å². The SMILES string of the molecule is CCOC(=O)c1cnn2c1n[n+]([O-])c1cnccc12. The molecule has 0 amide bonds. The van der Waals surface area contributed by atoms with Gasteiger partial charge in [0.1, 0.15) is 17.3 Å². The van der Waals surface area contributed by atoms with Crippen molar-refractivity contribution in [2.45, 2.75) is 6.92 Å². The Balaban J connectivity index is 2.33. The molecule has 3 aromatic rings. The molecule has 3 heterocycles. The second-order valence-electron chi connectivity index (χ2n) is 3.75. The second-order valence-corrected chi connectivity index (χ2v) is 3.75. The first-order valence-corrected chi connectivity index (χ1v) is 5.60. The molecule has 0 unspecified atom stereocenters. The van der Waals surface area contributed by atoms with Crippen LogP contribution >= 0.6 is 0 Å². The van der Waals surface area contributed by atoms with Crippen molar-refractivity contribution >= 4 is 22.6 Å². The summed E-state index contributed by atoms with van der Waals surface area (Å²) in [5, 5.41) is 19.6. The fourth-order valence-corrected chi connectivity index (χ4v) is 1.81. The standard InChI is InChI=1S/C11H9N5O3/c1-2-19-11(17)7-5-13-15-8-3-4-12-6-9(8)16(18)14-10(7)15/h3-6H,2H2,1H3. The van der Waals surface area contributed by atoms with Crippen LogP contribution in [0.4, 0.5) is 0 Å². The van der Waals surface area contributed by atoms with Crippen molar-refractivity contribution in [2.75, 3.05) is 6.61 Å². The van der Waals surface area contributed by atoms with Gasteiger partial charge in [0.2, 0.25) is 5.65 Å². The van der Waals surface area contributed by atoms with E-state index < -0.39 is 5.97 Å². The molecular weight excluding hydrogens is 250 g/mol. The van der Waals surface area contributed by atoms with Crippen molar-refractivity contribution in [3.05, 3.63) is 35.4 Å². The van der Waals surface area contributed by atoms with Crippen LogP contribution in [0.1, 0.15) is 17.3 Å². The molecule has 19 heavy (non-hydrogen) atoms. The third-order valence-corrected chi connectivity index (χ3v) is 2.64. The number of fused-ring (bicyclic) bond motifs is 3. The molecule has 0 spiro atoms. The predicted octanol–water partition coefficient (Wildman–Crippen LogP) is 0.0876. The first-order valence-electron chi connectivity index (χ1n) is 5.60. The number of nitrogens with zero attached hydrogens (tertiary/aromatic N) is 5. The molecule has 8 heteroatoms. The average molecular weight is 259 g/mol. The van der Waals surface area contributed by atoms with Crippen LogP contribution in [0, 0.1) is 5.21 Å². The molecule has 8 nitrogen and oxygen atoms in total. The Hall–Kier alpha value is -2.77. The molecule has 0 aliphatic carbocycles. The van der Waals surface area contributed by atoms with Crippen molar-refractivity contribution < 1.29 is 14.4 Å². The molecule has 0 atom stereocenters. The second kappa shape index (κ2) is 4.16. The Kier molecular flexibility index (Phi) is 2.48. The fourth-order valence-electron chi connectivity index (χ4n) is 1.81. The molecular formula is C11H9N5O3. The predicted molar refractivity (Wildman–Crippen MR) is 63.2 cm³/mol. The molecule has 3 aromatic heterocycles. The lowest BCUT2D eigenvalue weighted by Gasteiger charge is -2.01. The highest BCUT2D eigenvalue weighted by Crippen LogP contribution is 2.13. The van der Waals surface area contributed by atoms with Gasteiger partial charge in [0.05, 0.1) is 12.8 Å². The van der Waals surface area contributed by atoms with Crippen molar-refractivity contribution in [1.82, 2.24) is 19.7 Å². The van der Waals surface area contributed by atoms with E-state index >= 15 is 0 Å². The van der Waals surface area contributed by atoms with Gasteiger partial charge >= 0.3 is 5.97 Å². The lowest BCUT2D eigenvalue weighted by molar-refractivity contribution is -0.640. The smallest absolute Gasteiger partial charge is 0.343 e. The van der Waals surface area contributed by atoms with E-state index in [0.29, 0.717) is 10.4 Å². The van der Waals surface area contributed by atoms with Gasteiger partial charge in [-0.2, -0.15) is 5.10 Å². The third-order valence-electron chi connectivity index (χ3n) is 2.64. The number of pyridine rings is 1. The van der Waals surface area contributed by atoms with Gasteiger partial charge in [-0.25, -0.2) is 9.31 Å². The van der Waals surface area contributed by atoms with Gasteiger partial charge in [-0.1, -0.05) is 0 Å². The minimum atomic E-state index is -0.557. The number of carbonyl (C=O) groups is 1. The van der Waals surface area contributed by atoms with Gasteiger partial charge in [0, 0.05) is 11.3 Å². The van der Waals surface area contributed by atoms with Crippen LogP contribution in [0.5, 0.6) is 0 Å². The van der Waals surface area contributed by atoms with Crippen LogP contribution in [0.2, 0.25) is 0 Å².